The van der Waals surface area contributed by atoms with Crippen molar-refractivity contribution in [1.82, 2.24) is 5.06 Å². The molecule has 0 heterocycles. The van der Waals surface area contributed by atoms with E-state index >= 15 is 0 Å². The van der Waals surface area contributed by atoms with E-state index in [9.17, 15) is 4.79 Å². The Labute approximate surface area is 66.9 Å². The Morgan fingerprint density at radius 3 is 2.00 bits per heavy atom. The molecule has 4 heteroatoms. The topological polar surface area (TPSA) is 66.6 Å². The number of hydrogen-bond acceptors (Lipinski definition) is 3. The van der Waals surface area contributed by atoms with Gasteiger partial charge in [0.1, 0.15) is 0 Å². The quantitative estimate of drug-likeness (QED) is 0.425. The number of carbonyl (C=O) groups excluding carboxylic acids is 1. The van der Waals surface area contributed by atoms with E-state index in [0.29, 0.717) is 5.06 Å². The Morgan fingerprint density at radius 2 is 1.91 bits per heavy atom. The Balaban J connectivity index is 4.26. The predicted octanol–water partition coefficient (Wildman–Crippen LogP) is 0.207. The van der Waals surface area contributed by atoms with Gasteiger partial charge in [0.05, 0.1) is 6.04 Å². The molecule has 0 unspecified atom stereocenters. The van der Waals surface area contributed by atoms with Crippen molar-refractivity contribution in [2.45, 2.75) is 26.8 Å². The third-order valence-electron chi connectivity index (χ3n) is 1.52. The van der Waals surface area contributed by atoms with E-state index in [2.05, 4.69) is 0 Å². The number of hydroxylamine groups is 2. The first kappa shape index (κ1) is 10.4. The molecule has 0 aromatic rings. The summed E-state index contributed by atoms with van der Waals surface area (Å²) in [5.41, 5.74) is 5.23. The molecule has 0 aliphatic carbocycles. The van der Waals surface area contributed by atoms with E-state index in [1.165, 1.54) is 7.05 Å². The van der Waals surface area contributed by atoms with Crippen LogP contribution in [0.5, 0.6) is 0 Å². The minimum absolute atomic E-state index is 0.311. The Morgan fingerprint density at radius 1 is 1.55 bits per heavy atom. The number of nitrogens with two attached hydrogens (primary N) is 1. The van der Waals surface area contributed by atoms with Crippen LogP contribution < -0.4 is 5.73 Å². The molecule has 0 saturated heterocycles. The van der Waals surface area contributed by atoms with Gasteiger partial charge in [-0.1, -0.05) is 20.8 Å². The smallest absolute Gasteiger partial charge is 0.263 e. The molecule has 0 saturated carbocycles. The minimum atomic E-state index is -0.655. The molecule has 3 N–H and O–H groups in total. The van der Waals surface area contributed by atoms with Crippen molar-refractivity contribution >= 4 is 5.91 Å². The molecule has 0 spiro atoms. The van der Waals surface area contributed by atoms with Crippen LogP contribution in [-0.4, -0.2) is 29.3 Å². The summed E-state index contributed by atoms with van der Waals surface area (Å²) in [6.45, 7) is 5.54. The van der Waals surface area contributed by atoms with Crippen LogP contribution in [-0.2, 0) is 4.79 Å². The van der Waals surface area contributed by atoms with Crippen LogP contribution in [0.4, 0.5) is 0 Å². The summed E-state index contributed by atoms with van der Waals surface area (Å²) in [7, 11) is 1.27. The largest absolute Gasteiger partial charge is 0.319 e. The summed E-state index contributed by atoms with van der Waals surface area (Å²) < 4.78 is 0. The molecule has 0 fully saturated rings. The lowest BCUT2D eigenvalue weighted by atomic mass is 9.87. The van der Waals surface area contributed by atoms with Crippen molar-refractivity contribution in [3.8, 4) is 0 Å². The van der Waals surface area contributed by atoms with Crippen LogP contribution in [0.3, 0.4) is 0 Å². The van der Waals surface area contributed by atoms with Crippen LogP contribution in [0.25, 0.3) is 0 Å². The maximum atomic E-state index is 11.0. The predicted molar refractivity (Wildman–Crippen MR) is 42.0 cm³/mol. The maximum absolute atomic E-state index is 11.0. The lowest BCUT2D eigenvalue weighted by molar-refractivity contribution is -0.163. The molecular formula is C7H16N2O2. The highest BCUT2D eigenvalue weighted by atomic mass is 16.5. The second-order valence-electron chi connectivity index (χ2n) is 3.71. The molecule has 1 atom stereocenters. The molecule has 0 aliphatic rings. The average Bonchev–Trinajstić information content (AvgIpc) is 1.82. The van der Waals surface area contributed by atoms with Gasteiger partial charge >= 0.3 is 0 Å². The van der Waals surface area contributed by atoms with Crippen LogP contribution in [0, 0.1) is 5.41 Å². The summed E-state index contributed by atoms with van der Waals surface area (Å²) in [6, 6.07) is -0.655. The first-order valence-electron chi connectivity index (χ1n) is 3.49. The summed E-state index contributed by atoms with van der Waals surface area (Å²) >= 11 is 0. The Kier molecular flexibility index (Phi) is 3.02. The second-order valence-corrected chi connectivity index (χ2v) is 3.71. The van der Waals surface area contributed by atoms with Crippen molar-refractivity contribution in [3.05, 3.63) is 0 Å². The molecule has 0 aliphatic heterocycles. The van der Waals surface area contributed by atoms with Crippen LogP contribution >= 0.6 is 0 Å². The van der Waals surface area contributed by atoms with Crippen molar-refractivity contribution in [2.24, 2.45) is 11.1 Å². The van der Waals surface area contributed by atoms with E-state index < -0.39 is 11.9 Å². The van der Waals surface area contributed by atoms with E-state index in [4.69, 9.17) is 10.9 Å². The van der Waals surface area contributed by atoms with Gasteiger partial charge in [-0.2, -0.15) is 0 Å². The van der Waals surface area contributed by atoms with Gasteiger partial charge in [0.25, 0.3) is 5.91 Å². The molecule has 0 rings (SSSR count). The van der Waals surface area contributed by atoms with E-state index in [1.54, 1.807) is 0 Å². The molecule has 0 bridgehead atoms. The Hall–Kier alpha value is -0.610. The third-order valence-corrected chi connectivity index (χ3v) is 1.52. The van der Waals surface area contributed by atoms with Crippen molar-refractivity contribution in [1.29, 1.82) is 0 Å². The van der Waals surface area contributed by atoms with Gasteiger partial charge in [-0.15, -0.1) is 0 Å². The molecule has 0 aromatic heterocycles. The molecular weight excluding hydrogens is 144 g/mol. The number of nitrogens with zero attached hydrogens (tertiary/aromatic N) is 1. The van der Waals surface area contributed by atoms with Gasteiger partial charge in [0.15, 0.2) is 0 Å². The summed E-state index contributed by atoms with van der Waals surface area (Å²) in [6.07, 6.45) is 0. The van der Waals surface area contributed by atoms with Crippen LogP contribution in [0.15, 0.2) is 0 Å². The van der Waals surface area contributed by atoms with Crippen molar-refractivity contribution in [2.75, 3.05) is 7.05 Å². The molecule has 66 valence electrons. The van der Waals surface area contributed by atoms with Gasteiger partial charge in [0, 0.05) is 7.05 Å². The molecule has 0 radical (unpaired) electrons. The van der Waals surface area contributed by atoms with Crippen molar-refractivity contribution in [3.63, 3.8) is 0 Å². The van der Waals surface area contributed by atoms with Crippen molar-refractivity contribution < 1.29 is 10.0 Å². The summed E-state index contributed by atoms with van der Waals surface area (Å²) in [4.78, 5) is 11.0. The van der Waals surface area contributed by atoms with Gasteiger partial charge < -0.3 is 5.73 Å². The zero-order valence-corrected chi connectivity index (χ0v) is 7.46. The fraction of sp³-hybridized carbons (Fsp3) is 0.857. The highest BCUT2D eigenvalue weighted by Crippen LogP contribution is 2.17. The van der Waals surface area contributed by atoms with Gasteiger partial charge in [-0.05, 0) is 5.41 Å². The summed E-state index contributed by atoms with van der Waals surface area (Å²) in [5.74, 6) is -0.461. The number of carbonyl (C=O) groups is 1. The number of likely N-dealkylation sites (N-methyl/N-ethyl adjacent to an activating group) is 1. The highest BCUT2D eigenvalue weighted by Gasteiger charge is 2.29. The maximum Gasteiger partial charge on any atom is 0.263 e. The molecule has 4 nitrogen and oxygen atoms in total. The second kappa shape index (κ2) is 3.19. The lowest BCUT2D eigenvalue weighted by Gasteiger charge is -2.27. The van der Waals surface area contributed by atoms with Crippen LogP contribution in [0.2, 0.25) is 0 Å². The normalized spacial score (nSPS) is 14.4. The molecule has 11 heavy (non-hydrogen) atoms. The van der Waals surface area contributed by atoms with Gasteiger partial charge in [0.2, 0.25) is 0 Å². The van der Waals surface area contributed by atoms with Crippen LogP contribution in [0.1, 0.15) is 20.8 Å². The number of rotatable bonds is 1. The van der Waals surface area contributed by atoms with E-state index in [0.717, 1.165) is 0 Å². The first-order valence-corrected chi connectivity index (χ1v) is 3.49. The molecule has 0 aromatic carbocycles. The number of amides is 1. The standard InChI is InChI=1S/C7H16N2O2/c1-7(2,3)5(8)6(10)9(4)11/h5,11H,8H2,1-4H3/t5-/m0/s1. The SMILES string of the molecule is CN(O)C(=O)[C@H](N)C(C)(C)C. The minimum Gasteiger partial charge on any atom is -0.319 e. The summed E-state index contributed by atoms with van der Waals surface area (Å²) in [5, 5.41) is 9.28. The Bertz CT molecular complexity index is 149. The monoisotopic (exact) mass is 160 g/mol. The zero-order chi connectivity index (χ0) is 9.23. The van der Waals surface area contributed by atoms with Gasteiger partial charge in [-0.25, -0.2) is 5.06 Å². The fourth-order valence-corrected chi connectivity index (χ4v) is 0.572. The number of hydrogen-bond donors (Lipinski definition) is 2. The zero-order valence-electron chi connectivity index (χ0n) is 7.46. The highest BCUT2D eigenvalue weighted by molar-refractivity contribution is 5.81. The average molecular weight is 160 g/mol. The van der Waals surface area contributed by atoms with E-state index in [1.807, 2.05) is 20.8 Å². The fourth-order valence-electron chi connectivity index (χ4n) is 0.572. The lowest BCUT2D eigenvalue weighted by Crippen LogP contribution is -2.48. The first-order chi connectivity index (χ1) is 4.76. The van der Waals surface area contributed by atoms with E-state index in [-0.39, 0.29) is 5.41 Å². The third kappa shape index (κ3) is 2.86. The molecule has 1 amide bonds. The van der Waals surface area contributed by atoms with Gasteiger partial charge in [-0.3, -0.25) is 10.0 Å².